The number of aromatic amines is 1. The number of benzene rings is 1. The third-order valence-corrected chi connectivity index (χ3v) is 3.44. The lowest BCUT2D eigenvalue weighted by Crippen LogP contribution is -2.36. The van der Waals surface area contributed by atoms with Crippen molar-refractivity contribution in [1.82, 2.24) is 10.3 Å². The molecule has 2 aromatic rings. The molecular formula is C17H20N2O3. The topological polar surface area (TPSA) is 82.2 Å². The maximum Gasteiger partial charge on any atom is 0.256 e. The zero-order valence-electron chi connectivity index (χ0n) is 12.7. The summed E-state index contributed by atoms with van der Waals surface area (Å²) < 4.78 is 0. The maximum atomic E-state index is 12.1. The Hall–Kier alpha value is -2.40. The molecule has 0 aliphatic carbocycles. The van der Waals surface area contributed by atoms with E-state index in [0.717, 1.165) is 5.56 Å². The Morgan fingerprint density at radius 1 is 1.32 bits per heavy atom. The molecule has 22 heavy (non-hydrogen) atoms. The first-order valence-corrected chi connectivity index (χ1v) is 7.20. The smallest absolute Gasteiger partial charge is 0.256 e. The van der Waals surface area contributed by atoms with E-state index in [0.29, 0.717) is 12.1 Å². The van der Waals surface area contributed by atoms with Gasteiger partial charge in [-0.2, -0.15) is 0 Å². The van der Waals surface area contributed by atoms with Crippen LogP contribution in [0.5, 0.6) is 0 Å². The molecule has 0 aliphatic heterocycles. The maximum absolute atomic E-state index is 12.1. The number of H-pyrrole nitrogens is 1. The third kappa shape index (κ3) is 4.05. The number of nitrogens with one attached hydrogen (secondary N) is 2. The predicted octanol–water partition coefficient (Wildman–Crippen LogP) is 1.93. The highest BCUT2D eigenvalue weighted by atomic mass is 16.3. The highest BCUT2D eigenvalue weighted by Gasteiger charge is 2.16. The van der Waals surface area contributed by atoms with Gasteiger partial charge in [0.15, 0.2) is 5.43 Å². The van der Waals surface area contributed by atoms with Crippen molar-refractivity contribution in [1.29, 1.82) is 0 Å². The Balaban J connectivity index is 1.98. The van der Waals surface area contributed by atoms with Crippen LogP contribution in [-0.2, 0) is 0 Å². The zero-order valence-corrected chi connectivity index (χ0v) is 12.7. The first-order chi connectivity index (χ1) is 10.5. The van der Waals surface area contributed by atoms with Gasteiger partial charge in [-0.05, 0) is 25.8 Å². The van der Waals surface area contributed by atoms with Gasteiger partial charge in [0.25, 0.3) is 5.91 Å². The van der Waals surface area contributed by atoms with E-state index >= 15 is 0 Å². The molecular weight excluding hydrogens is 280 g/mol. The van der Waals surface area contributed by atoms with Gasteiger partial charge in [0.05, 0.1) is 6.10 Å². The third-order valence-electron chi connectivity index (χ3n) is 3.44. The van der Waals surface area contributed by atoms with Gasteiger partial charge in [0.1, 0.15) is 5.56 Å². The first-order valence-electron chi connectivity index (χ1n) is 7.20. The van der Waals surface area contributed by atoms with Crippen molar-refractivity contribution in [3.8, 4) is 0 Å². The fraction of sp³-hybridized carbons (Fsp3) is 0.294. The van der Waals surface area contributed by atoms with Crippen molar-refractivity contribution < 1.29 is 9.90 Å². The number of carbonyl (C=O) groups is 1. The van der Waals surface area contributed by atoms with E-state index in [1.807, 2.05) is 30.3 Å². The molecule has 1 aromatic carbocycles. The number of pyridine rings is 1. The van der Waals surface area contributed by atoms with E-state index in [-0.39, 0.29) is 17.0 Å². The molecule has 5 heteroatoms. The van der Waals surface area contributed by atoms with E-state index in [2.05, 4.69) is 10.3 Å². The van der Waals surface area contributed by atoms with Crippen LogP contribution in [0.2, 0.25) is 0 Å². The fourth-order valence-electron chi connectivity index (χ4n) is 2.26. The Kier molecular flexibility index (Phi) is 5.12. The second-order valence-corrected chi connectivity index (χ2v) is 5.43. The highest BCUT2D eigenvalue weighted by molar-refractivity contribution is 5.93. The van der Waals surface area contributed by atoms with E-state index in [1.165, 1.54) is 12.3 Å². The lowest BCUT2D eigenvalue weighted by molar-refractivity contribution is 0.0915. The molecule has 2 atom stereocenters. The van der Waals surface area contributed by atoms with E-state index in [9.17, 15) is 14.7 Å². The van der Waals surface area contributed by atoms with Gasteiger partial charge in [-0.25, -0.2) is 0 Å². The van der Waals surface area contributed by atoms with E-state index < -0.39 is 12.0 Å². The van der Waals surface area contributed by atoms with Gasteiger partial charge in [-0.15, -0.1) is 0 Å². The molecule has 0 radical (unpaired) electrons. The van der Waals surface area contributed by atoms with Crippen molar-refractivity contribution in [3.05, 3.63) is 69.6 Å². The number of aliphatic hydroxyl groups excluding tert-OH is 1. The van der Waals surface area contributed by atoms with Crippen molar-refractivity contribution >= 4 is 5.91 Å². The summed E-state index contributed by atoms with van der Waals surface area (Å²) in [7, 11) is 0. The minimum Gasteiger partial charge on any atom is -0.388 e. The molecule has 0 spiro atoms. The standard InChI is InChI=1S/C17H20N2O3/c1-11-8-16(21)14(10-18-11)17(22)19-12(2)9-15(20)13-6-4-3-5-7-13/h3-8,10,12,15,20H,9H2,1-2H3,(H,18,21)(H,19,22). The molecule has 0 saturated carbocycles. The van der Waals surface area contributed by atoms with Gasteiger partial charge in [0, 0.05) is 24.0 Å². The Bertz CT molecular complexity index is 695. The Morgan fingerprint density at radius 3 is 2.64 bits per heavy atom. The summed E-state index contributed by atoms with van der Waals surface area (Å²) in [6.45, 7) is 3.55. The number of amides is 1. The fourth-order valence-corrected chi connectivity index (χ4v) is 2.26. The van der Waals surface area contributed by atoms with Crippen LogP contribution in [0.3, 0.4) is 0 Å². The second kappa shape index (κ2) is 7.04. The monoisotopic (exact) mass is 300 g/mol. The largest absolute Gasteiger partial charge is 0.388 e. The molecule has 1 heterocycles. The number of aliphatic hydroxyl groups is 1. The van der Waals surface area contributed by atoms with Crippen molar-refractivity contribution in [3.63, 3.8) is 0 Å². The Labute approximate surface area is 129 Å². The molecule has 116 valence electrons. The number of aryl methyl sites for hydroxylation is 1. The van der Waals surface area contributed by atoms with Crippen LogP contribution in [0, 0.1) is 6.92 Å². The molecule has 2 rings (SSSR count). The number of aromatic nitrogens is 1. The summed E-state index contributed by atoms with van der Waals surface area (Å²) in [6.07, 6.45) is 1.13. The van der Waals surface area contributed by atoms with Gasteiger partial charge in [0.2, 0.25) is 0 Å². The Morgan fingerprint density at radius 2 is 2.00 bits per heavy atom. The van der Waals surface area contributed by atoms with E-state index in [1.54, 1.807) is 13.8 Å². The summed E-state index contributed by atoms with van der Waals surface area (Å²) >= 11 is 0. The average molecular weight is 300 g/mol. The van der Waals surface area contributed by atoms with Crippen molar-refractivity contribution in [2.75, 3.05) is 0 Å². The average Bonchev–Trinajstić information content (AvgIpc) is 2.47. The summed E-state index contributed by atoms with van der Waals surface area (Å²) in [5, 5.41) is 12.9. The molecule has 0 fully saturated rings. The minimum atomic E-state index is -0.659. The van der Waals surface area contributed by atoms with Crippen molar-refractivity contribution in [2.45, 2.75) is 32.4 Å². The number of rotatable bonds is 5. The lowest BCUT2D eigenvalue weighted by Gasteiger charge is -2.18. The zero-order chi connectivity index (χ0) is 16.1. The molecule has 0 aliphatic rings. The summed E-state index contributed by atoms with van der Waals surface area (Å²) in [6, 6.07) is 10.4. The molecule has 3 N–H and O–H groups in total. The van der Waals surface area contributed by atoms with Gasteiger partial charge < -0.3 is 15.4 Å². The highest BCUT2D eigenvalue weighted by Crippen LogP contribution is 2.17. The predicted molar refractivity (Wildman–Crippen MR) is 84.7 cm³/mol. The van der Waals surface area contributed by atoms with Crippen LogP contribution in [0.1, 0.15) is 41.1 Å². The molecule has 2 unspecified atom stereocenters. The molecule has 0 bridgehead atoms. The van der Waals surface area contributed by atoms with Crippen molar-refractivity contribution in [2.24, 2.45) is 0 Å². The minimum absolute atomic E-state index is 0.0756. The second-order valence-electron chi connectivity index (χ2n) is 5.43. The van der Waals surface area contributed by atoms with Gasteiger partial charge in [-0.3, -0.25) is 9.59 Å². The van der Waals surface area contributed by atoms with Gasteiger partial charge >= 0.3 is 0 Å². The number of carbonyl (C=O) groups excluding carboxylic acids is 1. The van der Waals surface area contributed by atoms with Crippen LogP contribution in [0.4, 0.5) is 0 Å². The van der Waals surface area contributed by atoms with Crippen LogP contribution in [0.25, 0.3) is 0 Å². The summed E-state index contributed by atoms with van der Waals surface area (Å²) in [4.78, 5) is 26.7. The first kappa shape index (κ1) is 16.0. The lowest BCUT2D eigenvalue weighted by atomic mass is 10.0. The molecule has 1 amide bonds. The molecule has 1 aromatic heterocycles. The number of hydrogen-bond acceptors (Lipinski definition) is 3. The van der Waals surface area contributed by atoms with Crippen LogP contribution < -0.4 is 10.7 Å². The SMILES string of the molecule is Cc1cc(=O)c(C(=O)NC(C)CC(O)c2ccccc2)c[nH]1. The molecule has 5 nitrogen and oxygen atoms in total. The van der Waals surface area contributed by atoms with Crippen LogP contribution in [0.15, 0.2) is 47.4 Å². The normalized spacial score (nSPS) is 13.4. The summed E-state index contributed by atoms with van der Waals surface area (Å²) in [5.74, 6) is -0.436. The van der Waals surface area contributed by atoms with Gasteiger partial charge in [-0.1, -0.05) is 30.3 Å². The summed E-state index contributed by atoms with van der Waals surface area (Å²) in [5.41, 5.74) is 1.27. The quantitative estimate of drug-likeness (QED) is 0.789. The van der Waals surface area contributed by atoms with E-state index in [4.69, 9.17) is 0 Å². The van der Waals surface area contributed by atoms with Crippen LogP contribution >= 0.6 is 0 Å². The molecule has 0 saturated heterocycles. The number of hydrogen-bond donors (Lipinski definition) is 3. The van der Waals surface area contributed by atoms with Crippen LogP contribution in [-0.4, -0.2) is 22.0 Å².